The molecule has 0 aliphatic rings. The summed E-state index contributed by atoms with van der Waals surface area (Å²) >= 11 is 0. The van der Waals surface area contributed by atoms with Crippen LogP contribution >= 0.6 is 0 Å². The van der Waals surface area contributed by atoms with Gasteiger partial charge in [0.05, 0.1) is 12.1 Å². The number of rotatable bonds is 7. The Morgan fingerprint density at radius 3 is 2.93 bits per heavy atom. The van der Waals surface area contributed by atoms with Gasteiger partial charge in [0.15, 0.2) is 0 Å². The number of hydrogen-bond acceptors (Lipinski definition) is 4. The molecule has 4 N–H and O–H groups in total. The van der Waals surface area contributed by atoms with Gasteiger partial charge in [-0.25, -0.2) is 18.1 Å². The first kappa shape index (κ1) is 12.2. The van der Waals surface area contributed by atoms with E-state index in [2.05, 4.69) is 14.7 Å². The maximum atomic E-state index is 11.3. The third kappa shape index (κ3) is 4.91. The lowest BCUT2D eigenvalue weighted by molar-refractivity contribution is 0.579. The molecule has 86 valence electrons. The first-order valence-corrected chi connectivity index (χ1v) is 6.44. The number of hydrogen-bond donors (Lipinski definition) is 3. The number of nitrogens with two attached hydrogens (primary N) is 1. The molecule has 0 unspecified atom stereocenters. The summed E-state index contributed by atoms with van der Waals surface area (Å²) in [6.45, 7) is 0.774. The minimum Gasteiger partial charge on any atom is -0.348 e. The predicted molar refractivity (Wildman–Crippen MR) is 57.8 cm³/mol. The number of aromatic amines is 1. The molecule has 0 amide bonds. The number of nitrogens with zero attached hydrogens (tertiary/aromatic N) is 1. The molecule has 6 nitrogen and oxygen atoms in total. The van der Waals surface area contributed by atoms with E-state index in [1.165, 1.54) is 0 Å². The second kappa shape index (κ2) is 5.84. The lowest BCUT2D eigenvalue weighted by Gasteiger charge is -2.04. The Morgan fingerprint density at radius 2 is 2.33 bits per heavy atom. The lowest BCUT2D eigenvalue weighted by atomic mass is 10.3. The Hall–Kier alpha value is -0.920. The molecule has 1 rings (SSSR count). The van der Waals surface area contributed by atoms with Gasteiger partial charge >= 0.3 is 0 Å². The van der Waals surface area contributed by atoms with Crippen LogP contribution in [0.5, 0.6) is 0 Å². The van der Waals surface area contributed by atoms with E-state index < -0.39 is 10.0 Å². The summed E-state index contributed by atoms with van der Waals surface area (Å²) in [5.41, 5.74) is 6.15. The molecular formula is C8H16N4O2S. The van der Waals surface area contributed by atoms with Crippen LogP contribution in [0, 0.1) is 0 Å². The van der Waals surface area contributed by atoms with Crippen LogP contribution < -0.4 is 10.5 Å². The third-order valence-electron chi connectivity index (χ3n) is 1.89. The zero-order valence-electron chi connectivity index (χ0n) is 8.44. The van der Waals surface area contributed by atoms with Crippen molar-refractivity contribution in [2.75, 3.05) is 18.8 Å². The van der Waals surface area contributed by atoms with Gasteiger partial charge < -0.3 is 10.7 Å². The highest BCUT2D eigenvalue weighted by molar-refractivity contribution is 7.89. The van der Waals surface area contributed by atoms with Crippen molar-refractivity contribution in [1.82, 2.24) is 14.7 Å². The molecule has 0 saturated carbocycles. The molecule has 0 saturated heterocycles. The Labute approximate surface area is 89.3 Å². The summed E-state index contributed by atoms with van der Waals surface area (Å²) in [7, 11) is -3.16. The molecule has 1 heterocycles. The van der Waals surface area contributed by atoms with Gasteiger partial charge in [-0.2, -0.15) is 0 Å². The molecule has 1 aromatic heterocycles. The minimum absolute atomic E-state index is 0.0898. The zero-order chi connectivity index (χ0) is 11.1. The monoisotopic (exact) mass is 232 g/mol. The van der Waals surface area contributed by atoms with Crippen LogP contribution in [0.1, 0.15) is 12.1 Å². The summed E-state index contributed by atoms with van der Waals surface area (Å²) in [5, 5.41) is 0. The van der Waals surface area contributed by atoms with Gasteiger partial charge in [0.2, 0.25) is 10.0 Å². The third-order valence-corrected chi connectivity index (χ3v) is 3.36. The van der Waals surface area contributed by atoms with Crippen molar-refractivity contribution < 1.29 is 8.42 Å². The Bertz CT molecular complexity index is 360. The molecule has 15 heavy (non-hydrogen) atoms. The van der Waals surface area contributed by atoms with Crippen LogP contribution in [0.2, 0.25) is 0 Å². The molecule has 0 radical (unpaired) electrons. The molecule has 0 aliphatic carbocycles. The number of sulfonamides is 1. The van der Waals surface area contributed by atoms with Crippen molar-refractivity contribution in [2.45, 2.75) is 12.8 Å². The molecule has 1 aromatic rings. The van der Waals surface area contributed by atoms with Crippen LogP contribution in [0.25, 0.3) is 0 Å². The van der Waals surface area contributed by atoms with Gasteiger partial charge in [-0.3, -0.25) is 0 Å². The topological polar surface area (TPSA) is 101 Å². The second-order valence-corrected chi connectivity index (χ2v) is 5.11. The summed E-state index contributed by atoms with van der Waals surface area (Å²) in [5.74, 6) is 0.0898. The highest BCUT2D eigenvalue weighted by Gasteiger charge is 2.08. The lowest BCUT2D eigenvalue weighted by Crippen LogP contribution is -2.29. The van der Waals surface area contributed by atoms with E-state index in [-0.39, 0.29) is 5.75 Å². The molecule has 0 fully saturated rings. The van der Waals surface area contributed by atoms with Gasteiger partial charge in [0.25, 0.3) is 0 Å². The highest BCUT2D eigenvalue weighted by Crippen LogP contribution is 1.93. The molecular weight excluding hydrogens is 216 g/mol. The van der Waals surface area contributed by atoms with E-state index >= 15 is 0 Å². The van der Waals surface area contributed by atoms with E-state index in [0.29, 0.717) is 25.9 Å². The number of aromatic nitrogens is 2. The van der Waals surface area contributed by atoms with Gasteiger partial charge in [-0.05, 0) is 13.0 Å². The highest BCUT2D eigenvalue weighted by atomic mass is 32.2. The quantitative estimate of drug-likeness (QED) is 0.574. The first-order chi connectivity index (χ1) is 7.14. The summed E-state index contributed by atoms with van der Waals surface area (Å²) < 4.78 is 25.2. The van der Waals surface area contributed by atoms with Crippen LogP contribution in [0.15, 0.2) is 12.5 Å². The molecule has 0 atom stereocenters. The van der Waals surface area contributed by atoms with Crippen molar-refractivity contribution in [3.05, 3.63) is 18.2 Å². The number of H-pyrrole nitrogens is 1. The van der Waals surface area contributed by atoms with E-state index in [1.54, 1.807) is 12.5 Å². The normalized spacial score (nSPS) is 11.8. The Kier molecular flexibility index (Phi) is 4.73. The van der Waals surface area contributed by atoms with E-state index in [0.717, 1.165) is 5.69 Å². The van der Waals surface area contributed by atoms with Crippen molar-refractivity contribution in [3.8, 4) is 0 Å². The fourth-order valence-electron chi connectivity index (χ4n) is 1.11. The zero-order valence-corrected chi connectivity index (χ0v) is 9.26. The number of nitrogens with one attached hydrogen (secondary N) is 2. The molecule has 0 aromatic carbocycles. The second-order valence-electron chi connectivity index (χ2n) is 3.18. The maximum absolute atomic E-state index is 11.3. The van der Waals surface area contributed by atoms with Gasteiger partial charge in [-0.15, -0.1) is 0 Å². The summed E-state index contributed by atoms with van der Waals surface area (Å²) in [6, 6.07) is 0. The standard InChI is InChI=1S/C8H16N4O2S/c9-3-1-5-15(13,14)12-4-2-8-6-10-7-11-8/h6-7,12H,1-5,9H2,(H,10,11). The first-order valence-electron chi connectivity index (χ1n) is 4.79. The Morgan fingerprint density at radius 1 is 1.53 bits per heavy atom. The van der Waals surface area contributed by atoms with Crippen LogP contribution in [-0.4, -0.2) is 37.2 Å². The molecule has 0 aliphatic heterocycles. The van der Waals surface area contributed by atoms with Crippen LogP contribution in [-0.2, 0) is 16.4 Å². The van der Waals surface area contributed by atoms with Crippen molar-refractivity contribution in [1.29, 1.82) is 0 Å². The average Bonchev–Trinajstić information content (AvgIpc) is 2.67. The molecule has 7 heteroatoms. The fraction of sp³-hybridized carbons (Fsp3) is 0.625. The van der Waals surface area contributed by atoms with Crippen LogP contribution in [0.3, 0.4) is 0 Å². The van der Waals surface area contributed by atoms with Crippen LogP contribution in [0.4, 0.5) is 0 Å². The maximum Gasteiger partial charge on any atom is 0.211 e. The van der Waals surface area contributed by atoms with Gasteiger partial charge in [-0.1, -0.05) is 0 Å². The van der Waals surface area contributed by atoms with Crippen molar-refractivity contribution >= 4 is 10.0 Å². The van der Waals surface area contributed by atoms with E-state index in [1.807, 2.05) is 0 Å². The number of imidazole rings is 1. The average molecular weight is 232 g/mol. The van der Waals surface area contributed by atoms with Crippen molar-refractivity contribution in [3.63, 3.8) is 0 Å². The summed E-state index contributed by atoms with van der Waals surface area (Å²) in [4.78, 5) is 6.74. The molecule has 0 spiro atoms. The van der Waals surface area contributed by atoms with Gasteiger partial charge in [0, 0.05) is 24.9 Å². The molecule has 0 bridgehead atoms. The van der Waals surface area contributed by atoms with Crippen molar-refractivity contribution in [2.24, 2.45) is 5.73 Å². The summed E-state index contributed by atoms with van der Waals surface area (Å²) in [6.07, 6.45) is 4.34. The largest absolute Gasteiger partial charge is 0.348 e. The van der Waals surface area contributed by atoms with E-state index in [4.69, 9.17) is 5.73 Å². The van der Waals surface area contributed by atoms with E-state index in [9.17, 15) is 8.42 Å². The smallest absolute Gasteiger partial charge is 0.211 e. The SMILES string of the molecule is NCCCS(=O)(=O)NCCc1cnc[nH]1. The van der Waals surface area contributed by atoms with Gasteiger partial charge in [0.1, 0.15) is 0 Å². The minimum atomic E-state index is -3.16. The Balaban J connectivity index is 2.24. The fourth-order valence-corrected chi connectivity index (χ4v) is 2.21. The predicted octanol–water partition coefficient (Wildman–Crippen LogP) is -0.780.